The molecular formula is C8H7N3O4. The van der Waals surface area contributed by atoms with Gasteiger partial charge in [-0.05, 0) is 6.92 Å². The van der Waals surface area contributed by atoms with E-state index in [0.29, 0.717) is 0 Å². The van der Waals surface area contributed by atoms with Crippen molar-refractivity contribution in [2.24, 2.45) is 0 Å². The second-order valence-electron chi connectivity index (χ2n) is 2.68. The Kier molecular flexibility index (Phi) is 2.20. The lowest BCUT2D eigenvalue weighted by atomic mass is 10.4. The van der Waals surface area contributed by atoms with Gasteiger partial charge in [0.05, 0.1) is 12.8 Å². The number of nitrogens with zero attached hydrogens (tertiary/aromatic N) is 2. The van der Waals surface area contributed by atoms with Gasteiger partial charge in [0.1, 0.15) is 5.39 Å². The van der Waals surface area contributed by atoms with Crippen molar-refractivity contribution in [1.29, 1.82) is 0 Å². The van der Waals surface area contributed by atoms with E-state index in [4.69, 9.17) is 0 Å². The summed E-state index contributed by atoms with van der Waals surface area (Å²) < 4.78 is 9.35. The number of hydrogen-bond donors (Lipinski definition) is 1. The Bertz CT molecular complexity index is 556. The molecule has 0 aliphatic carbocycles. The van der Waals surface area contributed by atoms with E-state index in [1.54, 1.807) is 6.92 Å². The smallest absolute Gasteiger partial charge is 0.374 e. The first-order valence-corrected chi connectivity index (χ1v) is 4.24. The van der Waals surface area contributed by atoms with Crippen molar-refractivity contribution in [2.45, 2.75) is 6.92 Å². The zero-order valence-corrected chi connectivity index (χ0v) is 7.81. The molecule has 7 nitrogen and oxygen atoms in total. The van der Waals surface area contributed by atoms with Gasteiger partial charge >= 0.3 is 5.97 Å². The minimum atomic E-state index is -0.701. The number of ether oxygens (including phenoxy) is 1. The second-order valence-corrected chi connectivity index (χ2v) is 2.68. The van der Waals surface area contributed by atoms with Crippen molar-refractivity contribution in [3.63, 3.8) is 0 Å². The third-order valence-corrected chi connectivity index (χ3v) is 1.71. The summed E-state index contributed by atoms with van der Waals surface area (Å²) in [5.74, 6) is -0.890. The Hall–Kier alpha value is -2.18. The van der Waals surface area contributed by atoms with Crippen LogP contribution in [0, 0.1) is 0 Å². The average molecular weight is 209 g/mol. The number of hydrogen-bond acceptors (Lipinski definition) is 6. The molecule has 0 spiro atoms. The third kappa shape index (κ3) is 1.58. The number of esters is 1. The molecule has 0 aliphatic heterocycles. The van der Waals surface area contributed by atoms with Crippen LogP contribution in [0.15, 0.2) is 15.5 Å². The van der Waals surface area contributed by atoms with E-state index in [1.807, 2.05) is 0 Å². The molecule has 0 atom stereocenters. The molecule has 0 aromatic carbocycles. The van der Waals surface area contributed by atoms with Crippen LogP contribution >= 0.6 is 0 Å². The first-order valence-electron chi connectivity index (χ1n) is 4.24. The number of aromatic amines is 1. The fraction of sp³-hybridized carbons (Fsp3) is 0.250. The molecule has 1 N–H and O–H groups in total. The predicted octanol–water partition coefficient (Wildman–Crippen LogP) is 0.0878. The van der Waals surface area contributed by atoms with Crippen molar-refractivity contribution < 1.29 is 14.1 Å². The fourth-order valence-electron chi connectivity index (χ4n) is 1.07. The Balaban J connectivity index is 2.54. The van der Waals surface area contributed by atoms with Crippen molar-refractivity contribution in [3.8, 4) is 0 Å². The highest BCUT2D eigenvalue weighted by Crippen LogP contribution is 2.04. The molecule has 2 aromatic rings. The van der Waals surface area contributed by atoms with E-state index in [9.17, 15) is 9.59 Å². The van der Waals surface area contributed by atoms with Gasteiger partial charge in [0, 0.05) is 0 Å². The number of nitrogens with one attached hydrogen (secondary N) is 1. The zero-order valence-electron chi connectivity index (χ0n) is 7.81. The highest BCUT2D eigenvalue weighted by Gasteiger charge is 2.14. The van der Waals surface area contributed by atoms with E-state index in [1.165, 1.54) is 6.20 Å². The summed E-state index contributed by atoms with van der Waals surface area (Å²) >= 11 is 0. The molecule has 2 rings (SSSR count). The highest BCUT2D eigenvalue weighted by molar-refractivity contribution is 5.87. The largest absolute Gasteiger partial charge is 0.460 e. The number of fused-ring (bicyclic) bond motifs is 1. The van der Waals surface area contributed by atoms with Gasteiger partial charge in [-0.1, -0.05) is 5.16 Å². The van der Waals surface area contributed by atoms with Crippen LogP contribution in [0.2, 0.25) is 0 Å². The van der Waals surface area contributed by atoms with Gasteiger partial charge in [-0.25, -0.2) is 4.79 Å². The van der Waals surface area contributed by atoms with Gasteiger partial charge in [0.15, 0.2) is 0 Å². The highest BCUT2D eigenvalue weighted by atomic mass is 16.5. The summed E-state index contributed by atoms with van der Waals surface area (Å²) in [6.07, 6.45) is 1.23. The number of H-pyrrole nitrogens is 1. The van der Waals surface area contributed by atoms with Crippen LogP contribution in [0.4, 0.5) is 0 Å². The van der Waals surface area contributed by atoms with Crippen LogP contribution in [-0.4, -0.2) is 27.7 Å². The molecular weight excluding hydrogens is 202 g/mol. The van der Waals surface area contributed by atoms with Crippen LogP contribution in [0.5, 0.6) is 0 Å². The van der Waals surface area contributed by atoms with Crippen LogP contribution in [0.25, 0.3) is 11.1 Å². The lowest BCUT2D eigenvalue weighted by Gasteiger charge is -1.98. The first-order chi connectivity index (χ1) is 7.22. The lowest BCUT2D eigenvalue weighted by molar-refractivity contribution is 0.0511. The summed E-state index contributed by atoms with van der Waals surface area (Å²) in [6, 6.07) is 0. The standard InChI is InChI=1S/C8H7N3O4/c1-2-14-8(13)5-10-6(12)4-3-9-15-7(4)11-5/h3H,2H2,1H3,(H,10,11,12). The summed E-state index contributed by atoms with van der Waals surface area (Å²) in [5, 5.41) is 3.60. The topological polar surface area (TPSA) is 98.1 Å². The molecule has 0 bridgehead atoms. The predicted molar refractivity (Wildman–Crippen MR) is 48.4 cm³/mol. The van der Waals surface area contributed by atoms with Crippen LogP contribution in [-0.2, 0) is 4.74 Å². The van der Waals surface area contributed by atoms with Crippen molar-refractivity contribution in [3.05, 3.63) is 22.4 Å². The number of aromatic nitrogens is 3. The first kappa shape index (κ1) is 9.38. The van der Waals surface area contributed by atoms with Crippen LogP contribution in [0.1, 0.15) is 17.5 Å². The molecule has 0 unspecified atom stereocenters. The molecule has 0 saturated carbocycles. The number of carbonyl (C=O) groups excluding carboxylic acids is 1. The maximum atomic E-state index is 11.4. The van der Waals surface area contributed by atoms with Gasteiger partial charge in [-0.15, -0.1) is 0 Å². The molecule has 7 heteroatoms. The van der Waals surface area contributed by atoms with Crippen molar-refractivity contribution in [2.75, 3.05) is 6.61 Å². The van der Waals surface area contributed by atoms with Gasteiger partial charge in [-0.3, -0.25) is 4.79 Å². The van der Waals surface area contributed by atoms with Gasteiger partial charge in [-0.2, -0.15) is 4.98 Å². The maximum absolute atomic E-state index is 11.4. The Labute approximate surface area is 83.0 Å². The molecule has 2 heterocycles. The minimum absolute atomic E-state index is 0.0156. The van der Waals surface area contributed by atoms with E-state index in [2.05, 4.69) is 24.4 Å². The molecule has 15 heavy (non-hydrogen) atoms. The van der Waals surface area contributed by atoms with Crippen LogP contribution < -0.4 is 5.56 Å². The average Bonchev–Trinajstić information content (AvgIpc) is 2.66. The fourth-order valence-corrected chi connectivity index (χ4v) is 1.07. The molecule has 0 amide bonds. The summed E-state index contributed by atoms with van der Waals surface area (Å²) in [7, 11) is 0. The summed E-state index contributed by atoms with van der Waals surface area (Å²) in [5.41, 5.74) is -0.467. The zero-order chi connectivity index (χ0) is 10.8. The second kappa shape index (κ2) is 3.52. The molecule has 0 aliphatic rings. The van der Waals surface area contributed by atoms with Crippen molar-refractivity contribution in [1.82, 2.24) is 15.1 Å². The molecule has 0 fully saturated rings. The normalized spacial score (nSPS) is 10.5. The molecule has 2 aromatic heterocycles. The van der Waals surface area contributed by atoms with E-state index in [-0.39, 0.29) is 23.5 Å². The monoisotopic (exact) mass is 209 g/mol. The lowest BCUT2D eigenvalue weighted by Crippen LogP contribution is -2.17. The Morgan fingerprint density at radius 3 is 3.20 bits per heavy atom. The Morgan fingerprint density at radius 1 is 1.67 bits per heavy atom. The summed E-state index contributed by atoms with van der Waals surface area (Å²) in [6.45, 7) is 1.86. The molecule has 0 radical (unpaired) electrons. The summed E-state index contributed by atoms with van der Waals surface area (Å²) in [4.78, 5) is 28.6. The minimum Gasteiger partial charge on any atom is -0.460 e. The number of carbonyl (C=O) groups is 1. The van der Waals surface area contributed by atoms with E-state index in [0.717, 1.165) is 0 Å². The maximum Gasteiger partial charge on any atom is 0.374 e. The molecule has 78 valence electrons. The van der Waals surface area contributed by atoms with Gasteiger partial charge in [0.25, 0.3) is 11.3 Å². The van der Waals surface area contributed by atoms with Gasteiger partial charge < -0.3 is 14.2 Å². The number of rotatable bonds is 2. The molecule has 0 saturated heterocycles. The van der Waals surface area contributed by atoms with Crippen molar-refractivity contribution >= 4 is 17.1 Å². The van der Waals surface area contributed by atoms with E-state index < -0.39 is 11.5 Å². The van der Waals surface area contributed by atoms with Crippen LogP contribution in [0.3, 0.4) is 0 Å². The van der Waals surface area contributed by atoms with Gasteiger partial charge in [0.2, 0.25) is 5.82 Å². The third-order valence-electron chi connectivity index (χ3n) is 1.71. The quantitative estimate of drug-likeness (QED) is 0.703. The SMILES string of the molecule is CCOC(=O)c1nc2oncc2c(=O)[nH]1. The van der Waals surface area contributed by atoms with E-state index >= 15 is 0 Å². The Morgan fingerprint density at radius 2 is 2.47 bits per heavy atom.